The molecule has 1 saturated heterocycles. The molecule has 0 unspecified atom stereocenters. The zero-order valence-electron chi connectivity index (χ0n) is 14.9. The second-order valence-corrected chi connectivity index (χ2v) is 8.54. The first-order valence-corrected chi connectivity index (χ1v) is 10.3. The maximum atomic E-state index is 13.0. The van der Waals surface area contributed by atoms with Crippen LogP contribution in [0.5, 0.6) is 0 Å². The number of alkyl halides is 3. The number of piperidine rings is 1. The number of halogens is 4. The first kappa shape index (κ1) is 20.8. The Bertz CT molecular complexity index is 906. The Morgan fingerprint density at radius 1 is 1.04 bits per heavy atom. The molecule has 152 valence electrons. The molecule has 0 bridgehead atoms. The van der Waals surface area contributed by atoms with Crippen LogP contribution in [0.4, 0.5) is 17.6 Å². The van der Waals surface area contributed by atoms with Crippen molar-refractivity contribution in [2.45, 2.75) is 36.5 Å². The van der Waals surface area contributed by atoms with Crippen molar-refractivity contribution in [1.82, 2.24) is 9.62 Å². The Kier molecular flexibility index (Phi) is 6.07. The quantitative estimate of drug-likeness (QED) is 0.755. The van der Waals surface area contributed by atoms with Gasteiger partial charge in [-0.15, -0.1) is 0 Å². The van der Waals surface area contributed by atoms with Crippen molar-refractivity contribution < 1.29 is 26.0 Å². The summed E-state index contributed by atoms with van der Waals surface area (Å²) in [5.41, 5.74) is -0.105. The summed E-state index contributed by atoms with van der Waals surface area (Å²) in [4.78, 5) is 2.00. The van der Waals surface area contributed by atoms with Gasteiger partial charge < -0.3 is 0 Å². The average molecular weight is 416 g/mol. The minimum absolute atomic E-state index is 0.000273. The molecule has 0 aliphatic carbocycles. The van der Waals surface area contributed by atoms with E-state index in [0.717, 1.165) is 24.3 Å². The summed E-state index contributed by atoms with van der Waals surface area (Å²) in [7, 11) is -3.74. The van der Waals surface area contributed by atoms with Crippen molar-refractivity contribution in [2.75, 3.05) is 13.1 Å². The van der Waals surface area contributed by atoms with E-state index < -0.39 is 27.6 Å². The van der Waals surface area contributed by atoms with Gasteiger partial charge >= 0.3 is 6.18 Å². The topological polar surface area (TPSA) is 49.4 Å². The summed E-state index contributed by atoms with van der Waals surface area (Å²) in [5.74, 6) is -0.512. The molecule has 0 aromatic heterocycles. The summed E-state index contributed by atoms with van der Waals surface area (Å²) in [6, 6.07) is 9.55. The van der Waals surface area contributed by atoms with E-state index in [2.05, 4.69) is 4.72 Å². The molecule has 0 atom stereocenters. The molecule has 0 amide bonds. The molecule has 4 nitrogen and oxygen atoms in total. The lowest BCUT2D eigenvalue weighted by atomic mass is 10.0. The average Bonchev–Trinajstić information content (AvgIpc) is 2.63. The zero-order valence-corrected chi connectivity index (χ0v) is 15.7. The molecule has 1 heterocycles. The van der Waals surface area contributed by atoms with Crippen LogP contribution < -0.4 is 4.72 Å². The fourth-order valence-corrected chi connectivity index (χ4v) is 4.52. The van der Waals surface area contributed by atoms with Crippen molar-refractivity contribution >= 4 is 10.0 Å². The fourth-order valence-electron chi connectivity index (χ4n) is 3.21. The van der Waals surface area contributed by atoms with Crippen LogP contribution in [-0.2, 0) is 22.7 Å². The van der Waals surface area contributed by atoms with Crippen LogP contribution in [0, 0.1) is 5.82 Å². The van der Waals surface area contributed by atoms with Crippen LogP contribution in [0.1, 0.15) is 24.0 Å². The van der Waals surface area contributed by atoms with Gasteiger partial charge in [0.25, 0.3) is 0 Å². The van der Waals surface area contributed by atoms with Gasteiger partial charge in [0.1, 0.15) is 5.82 Å². The molecule has 0 spiro atoms. The predicted octanol–water partition coefficient (Wildman–Crippen LogP) is 3.79. The molecule has 3 rings (SSSR count). The van der Waals surface area contributed by atoms with Crippen LogP contribution in [-0.4, -0.2) is 32.4 Å². The maximum absolute atomic E-state index is 13.0. The van der Waals surface area contributed by atoms with Gasteiger partial charge in [-0.2, -0.15) is 13.2 Å². The van der Waals surface area contributed by atoms with Crippen LogP contribution in [0.15, 0.2) is 53.4 Å². The van der Waals surface area contributed by atoms with Gasteiger partial charge in [-0.3, -0.25) is 4.90 Å². The van der Waals surface area contributed by atoms with E-state index in [4.69, 9.17) is 0 Å². The number of rotatable bonds is 5. The lowest BCUT2D eigenvalue weighted by molar-refractivity contribution is -0.137. The molecule has 1 fully saturated rings. The summed E-state index contributed by atoms with van der Waals surface area (Å²) < 4.78 is 78.8. The van der Waals surface area contributed by atoms with Crippen molar-refractivity contribution in [2.24, 2.45) is 0 Å². The summed E-state index contributed by atoms with van der Waals surface area (Å²) in [5, 5.41) is 0. The van der Waals surface area contributed by atoms with Gasteiger partial charge in [-0.05, 0) is 48.7 Å². The van der Waals surface area contributed by atoms with Gasteiger partial charge in [-0.25, -0.2) is 17.5 Å². The fraction of sp³-hybridized carbons (Fsp3) is 0.368. The first-order valence-electron chi connectivity index (χ1n) is 8.80. The molecule has 2 aromatic carbocycles. The van der Waals surface area contributed by atoms with Gasteiger partial charge in [0.05, 0.1) is 10.5 Å². The van der Waals surface area contributed by atoms with E-state index in [1.165, 1.54) is 18.2 Å². The first-order chi connectivity index (χ1) is 13.1. The predicted molar refractivity (Wildman–Crippen MR) is 96.5 cm³/mol. The van der Waals surface area contributed by atoms with E-state index in [1.54, 1.807) is 6.07 Å². The van der Waals surface area contributed by atoms with Gasteiger partial charge in [0, 0.05) is 25.7 Å². The van der Waals surface area contributed by atoms with Crippen molar-refractivity contribution in [3.05, 3.63) is 65.5 Å². The molecule has 0 radical (unpaired) electrons. The van der Waals surface area contributed by atoms with Crippen molar-refractivity contribution in [3.63, 3.8) is 0 Å². The van der Waals surface area contributed by atoms with Gasteiger partial charge in [-0.1, -0.05) is 18.2 Å². The van der Waals surface area contributed by atoms with Crippen LogP contribution in [0.3, 0.4) is 0 Å². The molecular weight excluding hydrogens is 396 g/mol. The number of hydrogen-bond acceptors (Lipinski definition) is 3. The molecule has 2 aromatic rings. The Morgan fingerprint density at radius 3 is 2.29 bits per heavy atom. The Morgan fingerprint density at radius 2 is 1.68 bits per heavy atom. The second-order valence-electron chi connectivity index (χ2n) is 6.82. The molecule has 28 heavy (non-hydrogen) atoms. The van der Waals surface area contributed by atoms with E-state index in [0.29, 0.717) is 38.0 Å². The highest BCUT2D eigenvalue weighted by Gasteiger charge is 2.30. The highest BCUT2D eigenvalue weighted by Crippen LogP contribution is 2.30. The maximum Gasteiger partial charge on any atom is 0.416 e. The lowest BCUT2D eigenvalue weighted by Crippen LogP contribution is -2.44. The second kappa shape index (κ2) is 8.18. The highest BCUT2D eigenvalue weighted by molar-refractivity contribution is 7.89. The van der Waals surface area contributed by atoms with Crippen molar-refractivity contribution in [3.8, 4) is 0 Å². The highest BCUT2D eigenvalue weighted by atomic mass is 32.2. The minimum atomic E-state index is -4.37. The van der Waals surface area contributed by atoms with Crippen LogP contribution in [0.2, 0.25) is 0 Å². The monoisotopic (exact) mass is 416 g/mol. The third kappa shape index (κ3) is 5.30. The largest absolute Gasteiger partial charge is 0.416 e. The molecule has 1 aliphatic heterocycles. The third-order valence-electron chi connectivity index (χ3n) is 4.69. The normalized spacial score (nSPS) is 17.0. The summed E-state index contributed by atoms with van der Waals surface area (Å²) in [6.45, 7) is 1.50. The molecule has 1 N–H and O–H groups in total. The number of sulfonamides is 1. The van der Waals surface area contributed by atoms with Gasteiger partial charge in [0.2, 0.25) is 10.0 Å². The standard InChI is InChI=1S/C19H20F4N2O2S/c20-16-4-6-18(7-5-16)28(26,27)24-17-8-10-25(11-9-17)13-14-2-1-3-15(12-14)19(21,22)23/h1-7,12,17,24H,8-11,13H2. The molecule has 0 saturated carbocycles. The van der Waals surface area contributed by atoms with Crippen LogP contribution in [0.25, 0.3) is 0 Å². The summed E-state index contributed by atoms with van der Waals surface area (Å²) in [6.07, 6.45) is -3.29. The Labute approximate surface area is 161 Å². The van der Waals surface area contributed by atoms with E-state index in [9.17, 15) is 26.0 Å². The van der Waals surface area contributed by atoms with E-state index in [1.807, 2.05) is 4.90 Å². The number of hydrogen-bond donors (Lipinski definition) is 1. The smallest absolute Gasteiger partial charge is 0.299 e. The van der Waals surface area contributed by atoms with E-state index >= 15 is 0 Å². The number of nitrogens with one attached hydrogen (secondary N) is 1. The van der Waals surface area contributed by atoms with Crippen molar-refractivity contribution in [1.29, 1.82) is 0 Å². The number of likely N-dealkylation sites (tertiary alicyclic amines) is 1. The molecule has 1 aliphatic rings. The molecule has 9 heteroatoms. The molecular formula is C19H20F4N2O2S. The Hall–Kier alpha value is -1.97. The zero-order chi connectivity index (χ0) is 20.4. The lowest BCUT2D eigenvalue weighted by Gasteiger charge is -2.32. The Balaban J connectivity index is 1.55. The third-order valence-corrected chi connectivity index (χ3v) is 6.23. The number of benzene rings is 2. The SMILES string of the molecule is O=S(=O)(NC1CCN(Cc2cccc(C(F)(F)F)c2)CC1)c1ccc(F)cc1. The van der Waals surface area contributed by atoms with Gasteiger partial charge in [0.15, 0.2) is 0 Å². The number of nitrogens with zero attached hydrogens (tertiary/aromatic N) is 1. The minimum Gasteiger partial charge on any atom is -0.299 e. The van der Waals surface area contributed by atoms with E-state index in [-0.39, 0.29) is 10.9 Å². The summed E-state index contributed by atoms with van der Waals surface area (Å²) >= 11 is 0. The van der Waals surface area contributed by atoms with Crippen LogP contribution >= 0.6 is 0 Å².